The van der Waals surface area contributed by atoms with Gasteiger partial charge in [-0.05, 0) is 6.42 Å². The van der Waals surface area contributed by atoms with Crippen molar-refractivity contribution in [3.63, 3.8) is 0 Å². The van der Waals surface area contributed by atoms with E-state index in [1.807, 2.05) is 0 Å². The van der Waals surface area contributed by atoms with E-state index in [0.717, 1.165) is 0 Å². The van der Waals surface area contributed by atoms with E-state index in [-0.39, 0.29) is 13.2 Å². The van der Waals surface area contributed by atoms with Crippen molar-refractivity contribution in [2.45, 2.75) is 18.8 Å². The smallest absolute Gasteiger partial charge is 0.287 e. The molecule has 1 aliphatic rings. The number of halogens is 4. The third-order valence-electron chi connectivity index (χ3n) is 1.52. The van der Waals surface area contributed by atoms with Gasteiger partial charge in [-0.25, -0.2) is 13.3 Å². The second kappa shape index (κ2) is 4.78. The predicted molar refractivity (Wildman–Crippen MR) is 41.0 cm³/mol. The van der Waals surface area contributed by atoms with Crippen molar-refractivity contribution in [2.75, 3.05) is 19.8 Å². The number of phosphoric ester groups is 1. The van der Waals surface area contributed by atoms with Crippen LogP contribution in [0, 0.1) is 0 Å². The molecule has 9 heteroatoms. The first-order valence-corrected chi connectivity index (χ1v) is 5.51. The third-order valence-corrected chi connectivity index (χ3v) is 2.96. The Morgan fingerprint density at radius 3 is 2.33 bits per heavy atom. The van der Waals surface area contributed by atoms with Gasteiger partial charge >= 0.3 is 20.2 Å². The highest BCUT2D eigenvalue weighted by Crippen LogP contribution is 2.52. The fourth-order valence-corrected chi connectivity index (χ4v) is 2.01. The first-order chi connectivity index (χ1) is 6.86. The van der Waals surface area contributed by atoms with Crippen LogP contribution >= 0.6 is 7.82 Å². The quantitative estimate of drug-likeness (QED) is 0.569. The molecule has 1 rings (SSSR count). The van der Waals surface area contributed by atoms with Crippen molar-refractivity contribution in [2.24, 2.45) is 0 Å². The fraction of sp³-hybridized carbons (Fsp3) is 1.00. The van der Waals surface area contributed by atoms with Gasteiger partial charge in [0.1, 0.15) is 6.61 Å². The highest BCUT2D eigenvalue weighted by Gasteiger charge is 2.44. The van der Waals surface area contributed by atoms with E-state index in [1.165, 1.54) is 0 Å². The van der Waals surface area contributed by atoms with Crippen LogP contribution in [0.1, 0.15) is 6.42 Å². The Morgan fingerprint density at radius 1 is 1.33 bits per heavy atom. The van der Waals surface area contributed by atoms with Crippen LogP contribution in [0.3, 0.4) is 0 Å². The lowest BCUT2D eigenvalue weighted by molar-refractivity contribution is -0.153. The molecule has 0 amide bonds. The summed E-state index contributed by atoms with van der Waals surface area (Å²) in [5, 5.41) is 0. The van der Waals surface area contributed by atoms with Gasteiger partial charge in [-0.2, -0.15) is 8.78 Å². The molecule has 0 bridgehead atoms. The van der Waals surface area contributed by atoms with Crippen LogP contribution in [0.15, 0.2) is 0 Å². The molecule has 90 valence electrons. The summed E-state index contributed by atoms with van der Waals surface area (Å²) < 4.78 is 72.4. The molecule has 1 saturated heterocycles. The molecule has 0 aliphatic carbocycles. The minimum absolute atomic E-state index is 0.0253. The van der Waals surface area contributed by atoms with Crippen LogP contribution in [0.5, 0.6) is 0 Å². The number of hydrogen-bond donors (Lipinski definition) is 0. The monoisotopic (exact) mass is 252 g/mol. The summed E-state index contributed by atoms with van der Waals surface area (Å²) in [7, 11) is -4.06. The Balaban J connectivity index is 2.45. The lowest BCUT2D eigenvalue weighted by Crippen LogP contribution is -2.32. The highest BCUT2D eigenvalue weighted by atomic mass is 31.2. The maximum atomic E-state index is 12.4. The molecule has 0 saturated carbocycles. The largest absolute Gasteiger partial charge is 0.474 e. The summed E-state index contributed by atoms with van der Waals surface area (Å²) in [4.78, 5) is 0. The molecule has 0 spiro atoms. The number of hydrogen-bond acceptors (Lipinski definition) is 4. The number of phosphoric acid groups is 1. The Bertz CT molecular complexity index is 250. The van der Waals surface area contributed by atoms with E-state index in [2.05, 4.69) is 13.6 Å². The minimum Gasteiger partial charge on any atom is -0.287 e. The zero-order valence-electron chi connectivity index (χ0n) is 7.50. The van der Waals surface area contributed by atoms with Gasteiger partial charge in [0.05, 0.1) is 13.2 Å². The minimum atomic E-state index is -4.36. The number of rotatable bonds is 4. The maximum absolute atomic E-state index is 12.4. The standard InChI is InChI=1S/C6H9F4O4P/c7-5(8)6(9,10)4-14-15(11)12-2-1-3-13-15/h5H,1-4H2. The molecule has 0 aromatic rings. The van der Waals surface area contributed by atoms with Crippen LogP contribution in [0.2, 0.25) is 0 Å². The van der Waals surface area contributed by atoms with Crippen LogP contribution in [0.4, 0.5) is 17.6 Å². The third kappa shape index (κ3) is 3.71. The van der Waals surface area contributed by atoms with Crippen LogP contribution in [-0.4, -0.2) is 32.2 Å². The lowest BCUT2D eigenvalue weighted by Gasteiger charge is -2.23. The SMILES string of the molecule is O=P1(OCC(F)(F)C(F)F)OCCCO1. The first-order valence-electron chi connectivity index (χ1n) is 4.05. The van der Waals surface area contributed by atoms with E-state index in [0.29, 0.717) is 6.42 Å². The Hall–Kier alpha value is -0.170. The summed E-state index contributed by atoms with van der Waals surface area (Å²) in [5.41, 5.74) is 0. The van der Waals surface area contributed by atoms with Crippen molar-refractivity contribution in [1.29, 1.82) is 0 Å². The van der Waals surface area contributed by atoms with Crippen molar-refractivity contribution >= 4 is 7.82 Å². The Labute approximate surface area is 83.1 Å². The Kier molecular flexibility index (Phi) is 4.11. The van der Waals surface area contributed by atoms with E-state index in [4.69, 9.17) is 0 Å². The van der Waals surface area contributed by atoms with Gasteiger partial charge < -0.3 is 0 Å². The molecule has 0 radical (unpaired) electrons. The fourth-order valence-electron chi connectivity index (χ4n) is 0.752. The van der Waals surface area contributed by atoms with Crippen molar-refractivity contribution in [3.8, 4) is 0 Å². The molecular weight excluding hydrogens is 243 g/mol. The van der Waals surface area contributed by atoms with Gasteiger partial charge in [0.25, 0.3) is 0 Å². The van der Waals surface area contributed by atoms with Gasteiger partial charge in [0.15, 0.2) is 0 Å². The molecule has 15 heavy (non-hydrogen) atoms. The lowest BCUT2D eigenvalue weighted by atomic mass is 10.4. The molecule has 1 heterocycles. The first kappa shape index (κ1) is 12.9. The zero-order valence-corrected chi connectivity index (χ0v) is 8.39. The molecule has 4 nitrogen and oxygen atoms in total. The average molecular weight is 252 g/mol. The maximum Gasteiger partial charge on any atom is 0.474 e. The normalized spacial score (nSPS) is 21.9. The molecule has 0 aromatic heterocycles. The Morgan fingerprint density at radius 2 is 1.87 bits per heavy atom. The van der Waals surface area contributed by atoms with E-state index in [9.17, 15) is 22.1 Å². The van der Waals surface area contributed by atoms with E-state index < -0.39 is 26.8 Å². The van der Waals surface area contributed by atoms with Crippen LogP contribution in [-0.2, 0) is 18.1 Å². The van der Waals surface area contributed by atoms with Crippen LogP contribution < -0.4 is 0 Å². The van der Waals surface area contributed by atoms with Gasteiger partial charge in [-0.3, -0.25) is 13.6 Å². The molecule has 1 fully saturated rings. The summed E-state index contributed by atoms with van der Waals surface area (Å²) in [5.74, 6) is -4.36. The summed E-state index contributed by atoms with van der Waals surface area (Å²) in [6, 6.07) is 0. The second-order valence-corrected chi connectivity index (χ2v) is 4.47. The van der Waals surface area contributed by atoms with Crippen molar-refractivity contribution in [1.82, 2.24) is 0 Å². The molecule has 1 aliphatic heterocycles. The zero-order chi connectivity index (χ0) is 11.5. The second-order valence-electron chi connectivity index (χ2n) is 2.80. The molecular formula is C6H9F4O4P. The van der Waals surface area contributed by atoms with Gasteiger partial charge in [0.2, 0.25) is 0 Å². The van der Waals surface area contributed by atoms with Gasteiger partial charge in [0, 0.05) is 0 Å². The molecule has 0 atom stereocenters. The van der Waals surface area contributed by atoms with Crippen molar-refractivity contribution < 1.29 is 35.7 Å². The molecule has 0 aromatic carbocycles. The van der Waals surface area contributed by atoms with Crippen molar-refractivity contribution in [3.05, 3.63) is 0 Å². The van der Waals surface area contributed by atoms with Gasteiger partial charge in [-0.1, -0.05) is 0 Å². The summed E-state index contributed by atoms with van der Waals surface area (Å²) in [6.07, 6.45) is -3.44. The molecule has 0 N–H and O–H groups in total. The topological polar surface area (TPSA) is 44.8 Å². The van der Waals surface area contributed by atoms with Crippen LogP contribution in [0.25, 0.3) is 0 Å². The van der Waals surface area contributed by atoms with Gasteiger partial charge in [-0.15, -0.1) is 0 Å². The summed E-state index contributed by atoms with van der Waals surface area (Å²) in [6.45, 7) is -1.64. The van der Waals surface area contributed by atoms with E-state index in [1.54, 1.807) is 0 Å². The molecule has 0 unspecified atom stereocenters. The highest BCUT2D eigenvalue weighted by molar-refractivity contribution is 7.48. The summed E-state index contributed by atoms with van der Waals surface area (Å²) >= 11 is 0. The predicted octanol–water partition coefficient (Wildman–Crippen LogP) is 2.45. The number of alkyl halides is 4. The average Bonchev–Trinajstić information content (AvgIpc) is 2.16. The van der Waals surface area contributed by atoms with E-state index >= 15 is 0 Å².